The molecule has 0 saturated carbocycles. The molecular weight excluding hydrogens is 184 g/mol. The van der Waals surface area contributed by atoms with Gasteiger partial charge in [0.1, 0.15) is 6.04 Å². The van der Waals surface area contributed by atoms with Crippen LogP contribution in [0.15, 0.2) is 0 Å². The zero-order valence-corrected chi connectivity index (χ0v) is 8.69. The van der Waals surface area contributed by atoms with Crippen LogP contribution in [0, 0.1) is 0 Å². The number of hydrogen-bond donors (Lipinski definition) is 2. The highest BCUT2D eigenvalue weighted by Gasteiger charge is 2.26. The van der Waals surface area contributed by atoms with E-state index >= 15 is 0 Å². The summed E-state index contributed by atoms with van der Waals surface area (Å²) in [6.45, 7) is 3.55. The molecule has 0 radical (unpaired) electrons. The highest BCUT2D eigenvalue weighted by atomic mass is 16.5. The van der Waals surface area contributed by atoms with Crippen molar-refractivity contribution in [2.75, 3.05) is 33.4 Å². The van der Waals surface area contributed by atoms with Crippen LogP contribution in [0.3, 0.4) is 0 Å². The first-order valence-electron chi connectivity index (χ1n) is 4.87. The molecule has 0 aliphatic carbocycles. The van der Waals surface area contributed by atoms with Crippen LogP contribution >= 0.6 is 0 Å². The van der Waals surface area contributed by atoms with Crippen molar-refractivity contribution in [2.24, 2.45) is 0 Å². The molecule has 1 rings (SSSR count). The lowest BCUT2D eigenvalue weighted by Crippen LogP contribution is -2.47. The number of ether oxygens (including phenoxy) is 1. The Balaban J connectivity index is 2.58. The van der Waals surface area contributed by atoms with Crippen molar-refractivity contribution in [2.45, 2.75) is 19.1 Å². The summed E-state index contributed by atoms with van der Waals surface area (Å²) in [5.41, 5.74) is 0. The van der Waals surface area contributed by atoms with Crippen molar-refractivity contribution < 1.29 is 14.6 Å². The van der Waals surface area contributed by atoms with Gasteiger partial charge in [-0.25, -0.2) is 0 Å². The molecule has 0 aromatic carbocycles. The minimum Gasteiger partial charge on any atom is -0.392 e. The number of aliphatic hydroxyl groups excluding tert-OH is 1. The average Bonchev–Trinajstić information content (AvgIpc) is 2.29. The molecule has 2 atom stereocenters. The summed E-state index contributed by atoms with van der Waals surface area (Å²) in [7, 11) is 1.73. The molecule has 1 amide bonds. The maximum Gasteiger partial charge on any atom is 0.242 e. The van der Waals surface area contributed by atoms with Crippen molar-refractivity contribution in [3.63, 3.8) is 0 Å². The Hall–Kier alpha value is -0.650. The summed E-state index contributed by atoms with van der Waals surface area (Å²) in [5, 5.41) is 12.1. The Morgan fingerprint density at radius 2 is 2.50 bits per heavy atom. The van der Waals surface area contributed by atoms with Crippen molar-refractivity contribution in [1.82, 2.24) is 10.2 Å². The number of nitrogens with one attached hydrogen (secondary N) is 1. The summed E-state index contributed by atoms with van der Waals surface area (Å²) >= 11 is 0. The van der Waals surface area contributed by atoms with Gasteiger partial charge in [-0.3, -0.25) is 4.79 Å². The van der Waals surface area contributed by atoms with Crippen LogP contribution in [0.1, 0.15) is 6.92 Å². The number of carbonyl (C=O) groups is 1. The Kier molecular flexibility index (Phi) is 4.31. The maximum absolute atomic E-state index is 11.8. The topological polar surface area (TPSA) is 61.8 Å². The zero-order valence-electron chi connectivity index (χ0n) is 8.69. The molecule has 1 aliphatic heterocycles. The predicted molar refractivity (Wildman–Crippen MR) is 51.9 cm³/mol. The van der Waals surface area contributed by atoms with Crippen LogP contribution in [0.4, 0.5) is 0 Å². The first-order chi connectivity index (χ1) is 6.65. The van der Waals surface area contributed by atoms with Crippen molar-refractivity contribution in [1.29, 1.82) is 0 Å². The van der Waals surface area contributed by atoms with Crippen LogP contribution in [-0.2, 0) is 9.53 Å². The van der Waals surface area contributed by atoms with E-state index in [2.05, 4.69) is 5.32 Å². The third-order valence-corrected chi connectivity index (χ3v) is 2.23. The Morgan fingerprint density at radius 1 is 1.79 bits per heavy atom. The molecule has 1 heterocycles. The molecule has 1 aliphatic rings. The van der Waals surface area contributed by atoms with Gasteiger partial charge in [-0.1, -0.05) is 0 Å². The zero-order chi connectivity index (χ0) is 10.6. The quantitative estimate of drug-likeness (QED) is 0.604. The summed E-state index contributed by atoms with van der Waals surface area (Å²) in [6.07, 6.45) is -0.491. The third-order valence-electron chi connectivity index (χ3n) is 2.23. The second kappa shape index (κ2) is 5.29. The molecule has 0 bridgehead atoms. The summed E-state index contributed by atoms with van der Waals surface area (Å²) in [4.78, 5) is 13.4. The van der Waals surface area contributed by atoms with E-state index in [1.165, 1.54) is 0 Å². The van der Waals surface area contributed by atoms with Crippen molar-refractivity contribution >= 4 is 5.91 Å². The van der Waals surface area contributed by atoms with Crippen LogP contribution in [0.2, 0.25) is 0 Å². The molecule has 2 N–H and O–H groups in total. The van der Waals surface area contributed by atoms with E-state index in [4.69, 9.17) is 4.74 Å². The maximum atomic E-state index is 11.8. The highest BCUT2D eigenvalue weighted by Crippen LogP contribution is 2.03. The molecule has 5 heteroatoms. The van der Waals surface area contributed by atoms with E-state index in [1.807, 2.05) is 0 Å². The van der Waals surface area contributed by atoms with E-state index in [-0.39, 0.29) is 11.9 Å². The first-order valence-corrected chi connectivity index (χ1v) is 4.87. The monoisotopic (exact) mass is 202 g/mol. The molecule has 14 heavy (non-hydrogen) atoms. The van der Waals surface area contributed by atoms with Crippen LogP contribution in [0.5, 0.6) is 0 Å². The van der Waals surface area contributed by atoms with Gasteiger partial charge in [0.05, 0.1) is 19.3 Å². The lowest BCUT2D eigenvalue weighted by atomic mass is 10.2. The molecular formula is C9H18N2O3. The molecule has 1 saturated heterocycles. The van der Waals surface area contributed by atoms with Crippen LogP contribution in [0.25, 0.3) is 0 Å². The number of nitrogens with zero attached hydrogens (tertiary/aromatic N) is 1. The smallest absolute Gasteiger partial charge is 0.242 e. The minimum absolute atomic E-state index is 0.00546. The van der Waals surface area contributed by atoms with Crippen molar-refractivity contribution in [3.05, 3.63) is 0 Å². The van der Waals surface area contributed by atoms with Crippen molar-refractivity contribution in [3.8, 4) is 0 Å². The third kappa shape index (κ3) is 2.94. The number of hydrogen-bond acceptors (Lipinski definition) is 4. The van der Waals surface area contributed by atoms with Crippen LogP contribution in [-0.4, -0.2) is 61.4 Å². The van der Waals surface area contributed by atoms with Gasteiger partial charge in [0, 0.05) is 13.1 Å². The molecule has 5 nitrogen and oxygen atoms in total. The minimum atomic E-state index is -0.491. The van der Waals surface area contributed by atoms with Gasteiger partial charge < -0.3 is 20.1 Å². The fourth-order valence-corrected chi connectivity index (χ4v) is 1.48. The lowest BCUT2D eigenvalue weighted by Gasteiger charge is -2.24. The van der Waals surface area contributed by atoms with Gasteiger partial charge in [0.2, 0.25) is 5.91 Å². The molecule has 1 fully saturated rings. The number of likely N-dealkylation sites (N-methyl/N-ethyl adjacent to an activating group) is 1. The number of aliphatic hydroxyl groups is 1. The van der Waals surface area contributed by atoms with Gasteiger partial charge in [0.25, 0.3) is 0 Å². The van der Waals surface area contributed by atoms with Gasteiger partial charge in [-0.15, -0.1) is 0 Å². The molecule has 82 valence electrons. The second-order valence-corrected chi connectivity index (χ2v) is 3.55. The lowest BCUT2D eigenvalue weighted by molar-refractivity contribution is -0.133. The number of amides is 1. The standard InChI is InChI=1S/C9H18N2O3/c1-7(12)5-11-3-4-14-6-8(10-2)9(11)13/h7-8,10,12H,3-6H2,1-2H3. The average molecular weight is 202 g/mol. The Bertz CT molecular complexity index is 196. The van der Waals surface area contributed by atoms with E-state index < -0.39 is 6.10 Å². The number of carbonyl (C=O) groups excluding carboxylic acids is 1. The molecule has 2 unspecified atom stereocenters. The highest BCUT2D eigenvalue weighted by molar-refractivity contribution is 5.82. The first kappa shape index (κ1) is 11.4. The fourth-order valence-electron chi connectivity index (χ4n) is 1.48. The number of rotatable bonds is 3. The second-order valence-electron chi connectivity index (χ2n) is 3.55. The molecule has 0 aromatic heterocycles. The summed E-state index contributed by atoms with van der Waals surface area (Å²) < 4.78 is 5.27. The number of β-amino-alcohol motifs (C(OH)–C–C–N with tert-alkyl or cyclic N) is 1. The van der Waals surface area contributed by atoms with Gasteiger partial charge >= 0.3 is 0 Å². The van der Waals surface area contributed by atoms with E-state index in [0.717, 1.165) is 0 Å². The van der Waals surface area contributed by atoms with E-state index in [1.54, 1.807) is 18.9 Å². The Labute approximate surface area is 84.0 Å². The summed E-state index contributed by atoms with van der Waals surface area (Å²) in [6, 6.07) is -0.281. The molecule has 0 spiro atoms. The fraction of sp³-hybridized carbons (Fsp3) is 0.889. The van der Waals surface area contributed by atoms with Gasteiger partial charge in [-0.05, 0) is 14.0 Å². The van der Waals surface area contributed by atoms with Gasteiger partial charge in [-0.2, -0.15) is 0 Å². The largest absolute Gasteiger partial charge is 0.392 e. The normalized spacial score (nSPS) is 26.1. The Morgan fingerprint density at radius 3 is 3.07 bits per heavy atom. The van der Waals surface area contributed by atoms with E-state index in [9.17, 15) is 9.90 Å². The summed E-state index contributed by atoms with van der Waals surface area (Å²) in [5.74, 6) is 0.00546. The van der Waals surface area contributed by atoms with E-state index in [0.29, 0.717) is 26.3 Å². The van der Waals surface area contributed by atoms with Crippen LogP contribution < -0.4 is 5.32 Å². The predicted octanol–water partition coefficient (Wildman–Crippen LogP) is -1.19. The molecule has 0 aromatic rings. The SMILES string of the molecule is CNC1COCCN(CC(C)O)C1=O. The van der Waals surface area contributed by atoms with Gasteiger partial charge in [0.15, 0.2) is 0 Å².